The number of esters is 1. The van der Waals surface area contributed by atoms with Crippen LogP contribution in [-0.4, -0.2) is 23.3 Å². The molecule has 0 saturated heterocycles. The number of hydrogen-bond donors (Lipinski definition) is 1. The molecule has 0 atom stereocenters. The molecule has 106 valence electrons. The van der Waals surface area contributed by atoms with Crippen molar-refractivity contribution in [2.45, 2.75) is 24.9 Å². The zero-order valence-corrected chi connectivity index (χ0v) is 10.5. The number of aromatic amines is 1. The van der Waals surface area contributed by atoms with Crippen molar-refractivity contribution in [3.63, 3.8) is 0 Å². The van der Waals surface area contributed by atoms with Crippen molar-refractivity contribution >= 4 is 16.9 Å². The number of carbonyl (C=O) groups excluding carboxylic acids is 1. The summed E-state index contributed by atoms with van der Waals surface area (Å²) in [5.74, 6) is -0.621. The number of H-pyrrole nitrogens is 1. The molecule has 7 heteroatoms. The first-order valence-corrected chi connectivity index (χ1v) is 6.09. The molecule has 1 aliphatic rings. The molecular weight excluding hydrogens is 273 g/mol. The number of nitrogens with zero attached hydrogens (tertiary/aromatic N) is 1. The average molecular weight is 284 g/mol. The van der Waals surface area contributed by atoms with E-state index in [4.69, 9.17) is 0 Å². The van der Waals surface area contributed by atoms with E-state index in [-0.39, 0.29) is 17.0 Å². The molecule has 1 saturated carbocycles. The number of halogens is 3. The van der Waals surface area contributed by atoms with Gasteiger partial charge in [0.1, 0.15) is 5.52 Å². The van der Waals surface area contributed by atoms with Crippen LogP contribution in [0.3, 0.4) is 0 Å². The molecule has 1 aliphatic carbocycles. The molecule has 0 radical (unpaired) electrons. The lowest BCUT2D eigenvalue weighted by Gasteiger charge is -2.09. The van der Waals surface area contributed by atoms with Crippen LogP contribution in [0.5, 0.6) is 0 Å². The molecule has 0 bridgehead atoms. The summed E-state index contributed by atoms with van der Waals surface area (Å²) in [6, 6.07) is 1.82. The highest BCUT2D eigenvalue weighted by atomic mass is 19.4. The van der Waals surface area contributed by atoms with Crippen LogP contribution >= 0.6 is 0 Å². The number of alkyl halides is 3. The standard InChI is InChI=1S/C13H11F3N2O2/c1-20-12(19)9-5-7(13(14,15)16)4-8-10(6-2-3-6)17-18-11(8)9/h4-6H,2-3H2,1H3,(H,17,18). The maximum atomic E-state index is 12.9. The first-order chi connectivity index (χ1) is 9.41. The number of hydrogen-bond acceptors (Lipinski definition) is 3. The van der Waals surface area contributed by atoms with Crippen LogP contribution < -0.4 is 0 Å². The number of nitrogens with one attached hydrogen (secondary N) is 1. The molecule has 1 heterocycles. The van der Waals surface area contributed by atoms with E-state index in [0.29, 0.717) is 11.1 Å². The molecule has 20 heavy (non-hydrogen) atoms. The van der Waals surface area contributed by atoms with Crippen molar-refractivity contribution in [1.29, 1.82) is 0 Å². The van der Waals surface area contributed by atoms with Gasteiger partial charge in [-0.05, 0) is 25.0 Å². The third-order valence-corrected chi connectivity index (χ3v) is 3.41. The van der Waals surface area contributed by atoms with Gasteiger partial charge in [-0.15, -0.1) is 0 Å². The van der Waals surface area contributed by atoms with Crippen molar-refractivity contribution in [3.05, 3.63) is 29.0 Å². The Balaban J connectivity index is 2.27. The average Bonchev–Trinajstić information content (AvgIpc) is 3.15. The van der Waals surface area contributed by atoms with Gasteiger partial charge in [0.2, 0.25) is 0 Å². The minimum absolute atomic E-state index is 0.166. The van der Waals surface area contributed by atoms with Gasteiger partial charge < -0.3 is 4.74 Å². The molecule has 4 nitrogen and oxygen atoms in total. The molecule has 1 aromatic carbocycles. The summed E-state index contributed by atoms with van der Waals surface area (Å²) < 4.78 is 43.3. The van der Waals surface area contributed by atoms with E-state index in [1.54, 1.807) is 0 Å². The summed E-state index contributed by atoms with van der Waals surface area (Å²) in [7, 11) is 1.13. The predicted molar refractivity (Wildman–Crippen MR) is 64.4 cm³/mol. The summed E-state index contributed by atoms with van der Waals surface area (Å²) in [6.07, 6.45) is -2.68. The van der Waals surface area contributed by atoms with E-state index in [2.05, 4.69) is 14.9 Å². The SMILES string of the molecule is COC(=O)c1cc(C(F)(F)F)cc2c(C3CC3)[nH]nc12. The van der Waals surface area contributed by atoms with Crippen LogP contribution in [-0.2, 0) is 10.9 Å². The lowest BCUT2D eigenvalue weighted by Crippen LogP contribution is -2.09. The van der Waals surface area contributed by atoms with Gasteiger partial charge in [0.15, 0.2) is 0 Å². The first kappa shape index (κ1) is 13.0. The van der Waals surface area contributed by atoms with Gasteiger partial charge >= 0.3 is 12.1 Å². The molecule has 1 fully saturated rings. The zero-order chi connectivity index (χ0) is 14.5. The second-order valence-electron chi connectivity index (χ2n) is 4.82. The minimum Gasteiger partial charge on any atom is -0.465 e. The number of methoxy groups -OCH3 is 1. The summed E-state index contributed by atoms with van der Waals surface area (Å²) in [6.45, 7) is 0. The summed E-state index contributed by atoms with van der Waals surface area (Å²) in [4.78, 5) is 11.7. The van der Waals surface area contributed by atoms with Gasteiger partial charge in [-0.2, -0.15) is 18.3 Å². The molecule has 1 N–H and O–H groups in total. The fourth-order valence-corrected chi connectivity index (χ4v) is 2.25. The zero-order valence-electron chi connectivity index (χ0n) is 10.5. The molecule has 1 aromatic heterocycles. The number of carbonyl (C=O) groups is 1. The predicted octanol–water partition coefficient (Wildman–Crippen LogP) is 3.25. The quantitative estimate of drug-likeness (QED) is 0.861. The molecule has 0 unspecified atom stereocenters. The van der Waals surface area contributed by atoms with Crippen LogP contribution in [0.2, 0.25) is 0 Å². The van der Waals surface area contributed by atoms with Crippen molar-refractivity contribution in [2.24, 2.45) is 0 Å². The Bertz CT molecular complexity index is 687. The van der Waals surface area contributed by atoms with Gasteiger partial charge in [-0.25, -0.2) is 4.79 Å². The molecule has 3 rings (SSSR count). The number of fused-ring (bicyclic) bond motifs is 1. The van der Waals surface area contributed by atoms with Gasteiger partial charge in [0.25, 0.3) is 0 Å². The highest BCUT2D eigenvalue weighted by Gasteiger charge is 2.35. The second-order valence-corrected chi connectivity index (χ2v) is 4.82. The number of aromatic nitrogens is 2. The van der Waals surface area contributed by atoms with Crippen LogP contribution in [0, 0.1) is 0 Å². The molecule has 0 amide bonds. The van der Waals surface area contributed by atoms with Crippen LogP contribution in [0.1, 0.15) is 40.4 Å². The largest absolute Gasteiger partial charge is 0.465 e. The summed E-state index contributed by atoms with van der Waals surface area (Å²) >= 11 is 0. The maximum Gasteiger partial charge on any atom is 0.416 e. The van der Waals surface area contributed by atoms with E-state index in [9.17, 15) is 18.0 Å². The molecule has 2 aromatic rings. The van der Waals surface area contributed by atoms with Gasteiger partial charge in [-0.1, -0.05) is 0 Å². The van der Waals surface area contributed by atoms with Gasteiger partial charge in [-0.3, -0.25) is 5.10 Å². The van der Waals surface area contributed by atoms with Crippen molar-refractivity contribution in [2.75, 3.05) is 7.11 Å². The topological polar surface area (TPSA) is 55.0 Å². The van der Waals surface area contributed by atoms with Crippen molar-refractivity contribution in [1.82, 2.24) is 10.2 Å². The molecule has 0 aliphatic heterocycles. The van der Waals surface area contributed by atoms with E-state index in [1.807, 2.05) is 0 Å². The van der Waals surface area contributed by atoms with Crippen LogP contribution in [0.4, 0.5) is 13.2 Å². The number of ether oxygens (including phenoxy) is 1. The Morgan fingerprint density at radius 3 is 2.65 bits per heavy atom. The normalized spacial score (nSPS) is 15.6. The minimum atomic E-state index is -4.52. The van der Waals surface area contributed by atoms with E-state index in [0.717, 1.165) is 32.1 Å². The van der Waals surface area contributed by atoms with Crippen LogP contribution in [0.15, 0.2) is 12.1 Å². The van der Waals surface area contributed by atoms with Gasteiger partial charge in [0, 0.05) is 17.0 Å². The fourth-order valence-electron chi connectivity index (χ4n) is 2.25. The van der Waals surface area contributed by atoms with Crippen LogP contribution in [0.25, 0.3) is 10.9 Å². The monoisotopic (exact) mass is 284 g/mol. The fraction of sp³-hybridized carbons (Fsp3) is 0.385. The van der Waals surface area contributed by atoms with Crippen molar-refractivity contribution in [3.8, 4) is 0 Å². The Hall–Kier alpha value is -2.05. The van der Waals surface area contributed by atoms with E-state index < -0.39 is 17.7 Å². The van der Waals surface area contributed by atoms with E-state index >= 15 is 0 Å². The Labute approximate surface area is 111 Å². The summed E-state index contributed by atoms with van der Waals surface area (Å²) in [5.41, 5.74) is -0.142. The number of rotatable bonds is 2. The second kappa shape index (κ2) is 4.22. The smallest absolute Gasteiger partial charge is 0.416 e. The third kappa shape index (κ3) is 2.03. The number of benzene rings is 1. The highest BCUT2D eigenvalue weighted by molar-refractivity contribution is 6.04. The van der Waals surface area contributed by atoms with Crippen molar-refractivity contribution < 1.29 is 22.7 Å². The van der Waals surface area contributed by atoms with E-state index in [1.165, 1.54) is 0 Å². The maximum absolute atomic E-state index is 12.9. The highest BCUT2D eigenvalue weighted by Crippen LogP contribution is 2.43. The Morgan fingerprint density at radius 2 is 2.10 bits per heavy atom. The third-order valence-electron chi connectivity index (χ3n) is 3.41. The first-order valence-electron chi connectivity index (χ1n) is 6.09. The summed E-state index contributed by atoms with van der Waals surface area (Å²) in [5, 5.41) is 7.08. The van der Waals surface area contributed by atoms with Gasteiger partial charge in [0.05, 0.1) is 18.2 Å². The molecule has 0 spiro atoms. The lowest BCUT2D eigenvalue weighted by atomic mass is 10.0. The Kier molecular flexibility index (Phi) is 2.74. The lowest BCUT2D eigenvalue weighted by molar-refractivity contribution is -0.137. The molecular formula is C13H11F3N2O2. The Morgan fingerprint density at radius 1 is 1.40 bits per heavy atom.